The summed E-state index contributed by atoms with van der Waals surface area (Å²) in [6, 6.07) is 2.42. The predicted molar refractivity (Wildman–Crippen MR) is 88.4 cm³/mol. The lowest BCUT2D eigenvalue weighted by atomic mass is 9.77. The van der Waals surface area contributed by atoms with Crippen molar-refractivity contribution >= 4 is 0 Å². The Bertz CT molecular complexity index is 634. The van der Waals surface area contributed by atoms with Gasteiger partial charge < -0.3 is 5.11 Å². The van der Waals surface area contributed by atoms with Crippen LogP contribution in [0.5, 0.6) is 0 Å². The minimum absolute atomic E-state index is 0.0277. The fraction of sp³-hybridized carbons (Fsp3) is 0.842. The molecule has 3 aliphatic carbocycles. The average molecular weight is 356 g/mol. The molecule has 1 heterocycles. The summed E-state index contributed by atoms with van der Waals surface area (Å²) in [5.74, 6) is 2.22. The monoisotopic (exact) mass is 356 g/mol. The lowest BCUT2D eigenvalue weighted by molar-refractivity contribution is -0.270. The molecule has 6 heteroatoms. The number of fused-ring (bicyclic) bond motifs is 1. The maximum absolute atomic E-state index is 13.0. The molecule has 1 aromatic heterocycles. The summed E-state index contributed by atoms with van der Waals surface area (Å²) in [4.78, 5) is 0. The molecule has 3 aliphatic rings. The van der Waals surface area contributed by atoms with Gasteiger partial charge >= 0.3 is 6.18 Å². The molecule has 3 atom stereocenters. The minimum atomic E-state index is -4.54. The van der Waals surface area contributed by atoms with Crippen LogP contribution in [-0.4, -0.2) is 26.7 Å². The summed E-state index contributed by atoms with van der Waals surface area (Å²) >= 11 is 0. The molecule has 0 bridgehead atoms. The van der Waals surface area contributed by atoms with Crippen LogP contribution < -0.4 is 0 Å². The van der Waals surface area contributed by atoms with Crippen molar-refractivity contribution in [3.8, 4) is 0 Å². The highest BCUT2D eigenvalue weighted by Gasteiger charge is 2.56. The van der Waals surface area contributed by atoms with Gasteiger partial charge in [0, 0.05) is 23.6 Å². The second kappa shape index (κ2) is 5.73. The molecule has 0 saturated heterocycles. The Labute approximate surface area is 146 Å². The highest BCUT2D eigenvalue weighted by atomic mass is 19.4. The molecule has 0 aliphatic heterocycles. The third-order valence-electron chi connectivity index (χ3n) is 6.78. The molecule has 3 fully saturated rings. The second-order valence-electron chi connectivity index (χ2n) is 8.62. The van der Waals surface area contributed by atoms with E-state index in [-0.39, 0.29) is 24.8 Å². The second-order valence-corrected chi connectivity index (χ2v) is 8.62. The Balaban J connectivity index is 1.52. The molecule has 1 N–H and O–H groups in total. The number of rotatable bonds is 3. The van der Waals surface area contributed by atoms with Gasteiger partial charge in [0.1, 0.15) is 0 Å². The summed E-state index contributed by atoms with van der Waals surface area (Å²) in [5.41, 5.74) is -0.297. The van der Waals surface area contributed by atoms with Crippen molar-refractivity contribution in [2.45, 2.75) is 88.4 Å². The maximum Gasteiger partial charge on any atom is 0.417 e. The van der Waals surface area contributed by atoms with Crippen molar-refractivity contribution in [3.05, 3.63) is 17.5 Å². The molecule has 1 aromatic rings. The summed E-state index contributed by atoms with van der Waals surface area (Å²) in [7, 11) is 0. The minimum Gasteiger partial charge on any atom is -0.380 e. The maximum atomic E-state index is 13.0. The number of alkyl halides is 3. The highest BCUT2D eigenvalue weighted by Crippen LogP contribution is 2.63. The average Bonchev–Trinajstić information content (AvgIpc) is 2.93. The van der Waals surface area contributed by atoms with Gasteiger partial charge in [0.15, 0.2) is 5.60 Å². The van der Waals surface area contributed by atoms with Crippen molar-refractivity contribution in [1.82, 2.24) is 9.78 Å². The van der Waals surface area contributed by atoms with Crippen LogP contribution in [-0.2, 0) is 0 Å². The van der Waals surface area contributed by atoms with Crippen LogP contribution in [0.4, 0.5) is 13.2 Å². The van der Waals surface area contributed by atoms with Gasteiger partial charge in [0.2, 0.25) is 0 Å². The van der Waals surface area contributed by atoms with E-state index >= 15 is 0 Å². The highest BCUT2D eigenvalue weighted by molar-refractivity contribution is 5.28. The van der Waals surface area contributed by atoms with Crippen LogP contribution in [0, 0.1) is 11.8 Å². The fourth-order valence-corrected chi connectivity index (χ4v) is 5.23. The first kappa shape index (κ1) is 17.4. The van der Waals surface area contributed by atoms with Gasteiger partial charge in [-0.3, -0.25) is 4.68 Å². The van der Waals surface area contributed by atoms with Crippen LogP contribution in [0.15, 0.2) is 6.07 Å². The fourth-order valence-electron chi connectivity index (χ4n) is 5.23. The quantitative estimate of drug-likeness (QED) is 0.834. The Kier molecular flexibility index (Phi) is 3.98. The normalized spacial score (nSPS) is 38.2. The molecular weight excluding hydrogens is 329 g/mol. The Hall–Kier alpha value is -1.04. The van der Waals surface area contributed by atoms with Crippen molar-refractivity contribution in [2.24, 2.45) is 11.8 Å². The van der Waals surface area contributed by atoms with E-state index in [2.05, 4.69) is 24.6 Å². The Morgan fingerprint density at radius 1 is 1.16 bits per heavy atom. The van der Waals surface area contributed by atoms with Crippen molar-refractivity contribution in [1.29, 1.82) is 0 Å². The standard InChI is InChI=1S/C19H27F3N2O/c1-11(2)24-16(17-13-4-3-5-14(13)17)10-15(23-24)12-6-8-18(25,9-7-12)19(20,21)22/h10-14,17,25H,3-9H2,1-2H3/t12?,13-,14+,17?,18?. The first-order valence-electron chi connectivity index (χ1n) is 9.60. The first-order chi connectivity index (χ1) is 11.7. The number of halogens is 3. The van der Waals surface area contributed by atoms with Crippen LogP contribution in [0.1, 0.15) is 88.1 Å². The SMILES string of the molecule is CC(C)n1nc(C2CCC(O)(C(F)(F)F)CC2)cc1C1[C@H]2CCC[C@@H]12. The molecule has 0 aromatic carbocycles. The van der Waals surface area contributed by atoms with Gasteiger partial charge in [-0.2, -0.15) is 18.3 Å². The van der Waals surface area contributed by atoms with Crippen LogP contribution >= 0.6 is 0 Å². The third kappa shape index (κ3) is 2.81. The van der Waals surface area contributed by atoms with Gasteiger partial charge in [-0.1, -0.05) is 6.42 Å². The van der Waals surface area contributed by atoms with Crippen LogP contribution in [0.3, 0.4) is 0 Å². The number of hydrogen-bond acceptors (Lipinski definition) is 2. The van der Waals surface area contributed by atoms with E-state index in [1.54, 1.807) is 0 Å². The molecule has 0 spiro atoms. The zero-order chi connectivity index (χ0) is 18.0. The zero-order valence-corrected chi connectivity index (χ0v) is 14.9. The molecule has 3 nitrogen and oxygen atoms in total. The summed E-state index contributed by atoms with van der Waals surface area (Å²) in [5, 5.41) is 14.7. The van der Waals surface area contributed by atoms with Crippen molar-refractivity contribution in [2.75, 3.05) is 0 Å². The van der Waals surface area contributed by atoms with Gasteiger partial charge in [0.25, 0.3) is 0 Å². The van der Waals surface area contributed by atoms with Crippen LogP contribution in [0.2, 0.25) is 0 Å². The van der Waals surface area contributed by atoms with Gasteiger partial charge in [-0.15, -0.1) is 0 Å². The molecule has 0 amide bonds. The predicted octanol–water partition coefficient (Wildman–Crippen LogP) is 4.93. The number of nitrogens with zero attached hydrogens (tertiary/aromatic N) is 2. The molecule has 0 radical (unpaired) electrons. The number of hydrogen-bond donors (Lipinski definition) is 1. The summed E-state index contributed by atoms with van der Waals surface area (Å²) in [6.07, 6.45) is -0.353. The molecule has 4 rings (SSSR count). The number of aromatic nitrogens is 2. The van der Waals surface area contributed by atoms with Crippen LogP contribution in [0.25, 0.3) is 0 Å². The van der Waals surface area contributed by atoms with E-state index in [9.17, 15) is 18.3 Å². The van der Waals surface area contributed by atoms with E-state index in [0.29, 0.717) is 18.8 Å². The summed E-state index contributed by atoms with van der Waals surface area (Å²) in [6.45, 7) is 4.23. The molecule has 1 unspecified atom stereocenters. The smallest absolute Gasteiger partial charge is 0.380 e. The van der Waals surface area contributed by atoms with Gasteiger partial charge in [0.05, 0.1) is 5.69 Å². The largest absolute Gasteiger partial charge is 0.417 e. The molecular formula is C19H27F3N2O. The van der Waals surface area contributed by atoms with Crippen molar-refractivity contribution < 1.29 is 18.3 Å². The molecule has 25 heavy (non-hydrogen) atoms. The van der Waals surface area contributed by atoms with E-state index < -0.39 is 11.8 Å². The van der Waals surface area contributed by atoms with Gasteiger partial charge in [-0.05, 0) is 70.3 Å². The Morgan fingerprint density at radius 2 is 1.76 bits per heavy atom. The zero-order valence-electron chi connectivity index (χ0n) is 14.9. The number of aliphatic hydroxyl groups is 1. The van der Waals surface area contributed by atoms with Crippen molar-refractivity contribution in [3.63, 3.8) is 0 Å². The van der Waals surface area contributed by atoms with E-state index in [1.807, 2.05) is 0 Å². The lowest BCUT2D eigenvalue weighted by Crippen LogP contribution is -2.47. The Morgan fingerprint density at radius 3 is 2.28 bits per heavy atom. The van der Waals surface area contributed by atoms with E-state index in [0.717, 1.165) is 17.5 Å². The van der Waals surface area contributed by atoms with E-state index in [4.69, 9.17) is 5.10 Å². The van der Waals surface area contributed by atoms with E-state index in [1.165, 1.54) is 25.0 Å². The third-order valence-corrected chi connectivity index (χ3v) is 6.78. The lowest BCUT2D eigenvalue weighted by Gasteiger charge is -2.36. The summed E-state index contributed by atoms with van der Waals surface area (Å²) < 4.78 is 41.1. The molecule has 3 saturated carbocycles. The topological polar surface area (TPSA) is 38.0 Å². The first-order valence-corrected chi connectivity index (χ1v) is 9.60. The van der Waals surface area contributed by atoms with Gasteiger partial charge in [-0.25, -0.2) is 0 Å². The molecule has 140 valence electrons.